The van der Waals surface area contributed by atoms with E-state index in [4.69, 9.17) is 9.47 Å². The zero-order valence-electron chi connectivity index (χ0n) is 12.6. The summed E-state index contributed by atoms with van der Waals surface area (Å²) in [6.45, 7) is 4.08. The number of benzene rings is 2. The number of aryl methyl sites for hydroxylation is 2. The average molecular weight is 351 g/mol. The molecule has 2 aromatic rings. The van der Waals surface area contributed by atoms with Gasteiger partial charge in [-0.3, -0.25) is 0 Å². The summed E-state index contributed by atoms with van der Waals surface area (Å²) in [6.07, 6.45) is -0.763. The fraction of sp³-hybridized carbons (Fsp3) is 0.294. The number of hydrogen-bond acceptors (Lipinski definition) is 3. The first-order valence-electron chi connectivity index (χ1n) is 6.64. The molecule has 1 N–H and O–H groups in total. The van der Waals surface area contributed by atoms with E-state index in [0.29, 0.717) is 17.1 Å². The van der Waals surface area contributed by atoms with Gasteiger partial charge in [0.05, 0.1) is 18.7 Å². The quantitative estimate of drug-likeness (QED) is 0.899. The molecule has 2 aromatic carbocycles. The number of ether oxygens (including phenoxy) is 2. The molecule has 0 aromatic heterocycles. The highest BCUT2D eigenvalue weighted by Crippen LogP contribution is 2.38. The summed E-state index contributed by atoms with van der Waals surface area (Å²) >= 11 is 3.42. The van der Waals surface area contributed by atoms with Gasteiger partial charge in [-0.1, -0.05) is 18.2 Å². The molecule has 3 nitrogen and oxygen atoms in total. The van der Waals surface area contributed by atoms with Gasteiger partial charge in [0.1, 0.15) is 17.6 Å². The fourth-order valence-electron chi connectivity index (χ4n) is 2.21. The first-order valence-corrected chi connectivity index (χ1v) is 7.44. The van der Waals surface area contributed by atoms with E-state index >= 15 is 0 Å². The van der Waals surface area contributed by atoms with Crippen molar-refractivity contribution in [2.75, 3.05) is 14.2 Å². The van der Waals surface area contributed by atoms with Crippen LogP contribution in [0.5, 0.6) is 11.5 Å². The van der Waals surface area contributed by atoms with E-state index in [2.05, 4.69) is 22.9 Å². The molecule has 1 unspecified atom stereocenters. The summed E-state index contributed by atoms with van der Waals surface area (Å²) in [7, 11) is 3.18. The molecule has 0 aliphatic heterocycles. The van der Waals surface area contributed by atoms with Gasteiger partial charge >= 0.3 is 0 Å². The van der Waals surface area contributed by atoms with Gasteiger partial charge in [-0.05, 0) is 58.6 Å². The topological polar surface area (TPSA) is 38.7 Å². The van der Waals surface area contributed by atoms with Crippen molar-refractivity contribution in [2.24, 2.45) is 0 Å². The molecule has 112 valence electrons. The van der Waals surface area contributed by atoms with Gasteiger partial charge in [0.2, 0.25) is 0 Å². The van der Waals surface area contributed by atoms with Crippen molar-refractivity contribution in [3.05, 3.63) is 57.1 Å². The molecule has 0 fully saturated rings. The Morgan fingerprint density at radius 2 is 1.62 bits per heavy atom. The van der Waals surface area contributed by atoms with E-state index in [9.17, 15) is 5.11 Å². The third-order valence-corrected chi connectivity index (χ3v) is 4.27. The van der Waals surface area contributed by atoms with Crippen LogP contribution in [0, 0.1) is 13.8 Å². The molecule has 2 rings (SSSR count). The predicted molar refractivity (Wildman–Crippen MR) is 87.2 cm³/mol. The van der Waals surface area contributed by atoms with Gasteiger partial charge in [-0.15, -0.1) is 0 Å². The molecule has 0 bridgehead atoms. The molecule has 0 saturated heterocycles. The molecule has 21 heavy (non-hydrogen) atoms. The molecular weight excluding hydrogens is 332 g/mol. The second-order valence-electron chi connectivity index (χ2n) is 4.97. The molecule has 0 amide bonds. The minimum absolute atomic E-state index is 0.619. The monoisotopic (exact) mass is 350 g/mol. The van der Waals surface area contributed by atoms with E-state index in [1.807, 2.05) is 25.1 Å². The van der Waals surface area contributed by atoms with Crippen molar-refractivity contribution >= 4 is 15.9 Å². The zero-order chi connectivity index (χ0) is 15.6. The van der Waals surface area contributed by atoms with Gasteiger partial charge in [0.25, 0.3) is 0 Å². The smallest absolute Gasteiger partial charge is 0.133 e. The molecular formula is C17H19BrO3. The second kappa shape index (κ2) is 6.50. The van der Waals surface area contributed by atoms with Gasteiger partial charge in [-0.2, -0.15) is 0 Å². The van der Waals surface area contributed by atoms with Gasteiger partial charge < -0.3 is 14.6 Å². The number of rotatable bonds is 4. The Labute approximate surface area is 133 Å². The Bertz CT molecular complexity index is 653. The molecule has 0 saturated carbocycles. The van der Waals surface area contributed by atoms with Gasteiger partial charge in [0, 0.05) is 5.56 Å². The first-order chi connectivity index (χ1) is 9.97. The first kappa shape index (κ1) is 15.9. The van der Waals surface area contributed by atoms with Gasteiger partial charge in [0.15, 0.2) is 0 Å². The fourth-order valence-corrected chi connectivity index (χ4v) is 2.70. The summed E-state index contributed by atoms with van der Waals surface area (Å²) < 4.78 is 11.5. The van der Waals surface area contributed by atoms with Crippen molar-refractivity contribution in [1.82, 2.24) is 0 Å². The van der Waals surface area contributed by atoms with E-state index in [-0.39, 0.29) is 0 Å². The lowest BCUT2D eigenvalue weighted by atomic mass is 9.97. The summed E-state index contributed by atoms with van der Waals surface area (Å²) in [6, 6.07) is 9.53. The van der Waals surface area contributed by atoms with E-state index < -0.39 is 6.10 Å². The Balaban J connectivity index is 2.50. The Morgan fingerprint density at radius 1 is 0.952 bits per heavy atom. The molecule has 4 heteroatoms. The maximum atomic E-state index is 10.7. The SMILES string of the molecule is COc1cc(C(O)c2ccc(C)c(C)c2)c(OC)cc1Br. The molecule has 0 heterocycles. The number of methoxy groups -OCH3 is 2. The van der Waals surface area contributed by atoms with E-state index in [1.165, 1.54) is 5.56 Å². The normalized spacial score (nSPS) is 12.1. The summed E-state index contributed by atoms with van der Waals surface area (Å²) in [4.78, 5) is 0. The van der Waals surface area contributed by atoms with Crippen LogP contribution in [0.25, 0.3) is 0 Å². The van der Waals surface area contributed by atoms with Crippen LogP contribution in [0.3, 0.4) is 0 Å². The Morgan fingerprint density at radius 3 is 2.19 bits per heavy atom. The minimum Gasteiger partial charge on any atom is -0.496 e. The number of halogens is 1. The van der Waals surface area contributed by atoms with Crippen LogP contribution < -0.4 is 9.47 Å². The van der Waals surface area contributed by atoms with Gasteiger partial charge in [-0.25, -0.2) is 0 Å². The predicted octanol–water partition coefficient (Wildman–Crippen LogP) is 4.16. The van der Waals surface area contributed by atoms with Crippen LogP contribution in [-0.2, 0) is 0 Å². The minimum atomic E-state index is -0.763. The van der Waals surface area contributed by atoms with Crippen LogP contribution in [0.15, 0.2) is 34.8 Å². The molecule has 0 spiro atoms. The highest BCUT2D eigenvalue weighted by molar-refractivity contribution is 9.10. The second-order valence-corrected chi connectivity index (χ2v) is 5.83. The van der Waals surface area contributed by atoms with Crippen molar-refractivity contribution in [3.8, 4) is 11.5 Å². The molecule has 0 radical (unpaired) electrons. The van der Waals surface area contributed by atoms with Crippen molar-refractivity contribution < 1.29 is 14.6 Å². The third-order valence-electron chi connectivity index (χ3n) is 3.65. The Hall–Kier alpha value is -1.52. The molecule has 1 atom stereocenters. The number of aliphatic hydroxyl groups is 1. The standard InChI is InChI=1S/C17H19BrO3/c1-10-5-6-12(7-11(10)2)17(19)13-8-16(21-4)14(18)9-15(13)20-3/h5-9,17,19H,1-4H3. The zero-order valence-corrected chi connectivity index (χ0v) is 14.2. The highest BCUT2D eigenvalue weighted by Gasteiger charge is 2.19. The Kier molecular flexibility index (Phi) is 4.91. The van der Waals surface area contributed by atoms with Crippen LogP contribution in [0.2, 0.25) is 0 Å². The summed E-state index contributed by atoms with van der Waals surface area (Å²) in [5, 5.41) is 10.7. The third kappa shape index (κ3) is 3.22. The van der Waals surface area contributed by atoms with Crippen molar-refractivity contribution in [2.45, 2.75) is 20.0 Å². The van der Waals surface area contributed by atoms with Crippen LogP contribution in [0.4, 0.5) is 0 Å². The number of aliphatic hydroxyl groups excluding tert-OH is 1. The lowest BCUT2D eigenvalue weighted by molar-refractivity contribution is 0.214. The average Bonchev–Trinajstić information content (AvgIpc) is 2.49. The lowest BCUT2D eigenvalue weighted by Crippen LogP contribution is -2.04. The van der Waals surface area contributed by atoms with Crippen LogP contribution in [-0.4, -0.2) is 19.3 Å². The van der Waals surface area contributed by atoms with Crippen molar-refractivity contribution in [1.29, 1.82) is 0 Å². The van der Waals surface area contributed by atoms with E-state index in [1.54, 1.807) is 26.4 Å². The van der Waals surface area contributed by atoms with Crippen LogP contribution in [0.1, 0.15) is 28.4 Å². The van der Waals surface area contributed by atoms with Crippen molar-refractivity contribution in [3.63, 3.8) is 0 Å². The molecule has 0 aliphatic rings. The lowest BCUT2D eigenvalue weighted by Gasteiger charge is -2.18. The summed E-state index contributed by atoms with van der Waals surface area (Å²) in [5.74, 6) is 1.28. The van der Waals surface area contributed by atoms with Crippen LogP contribution >= 0.6 is 15.9 Å². The largest absolute Gasteiger partial charge is 0.496 e. The molecule has 0 aliphatic carbocycles. The summed E-state index contributed by atoms with van der Waals surface area (Å²) in [5.41, 5.74) is 3.86. The number of hydrogen-bond donors (Lipinski definition) is 1. The maximum absolute atomic E-state index is 10.7. The van der Waals surface area contributed by atoms with E-state index in [0.717, 1.165) is 15.6 Å². The maximum Gasteiger partial charge on any atom is 0.133 e. The highest BCUT2D eigenvalue weighted by atomic mass is 79.9.